The molecule has 1 aromatic rings. The van der Waals surface area contributed by atoms with Crippen molar-refractivity contribution in [2.24, 2.45) is 0 Å². The van der Waals surface area contributed by atoms with Crippen LogP contribution < -0.4 is 5.32 Å². The van der Waals surface area contributed by atoms with Crippen LogP contribution in [0, 0.1) is 5.82 Å². The normalized spacial score (nSPS) is 14.3. The molecule has 0 bridgehead atoms. The fourth-order valence-corrected chi connectivity index (χ4v) is 1.62. The fraction of sp³-hybridized carbons (Fsp3) is 0.429. The summed E-state index contributed by atoms with van der Waals surface area (Å²) in [4.78, 5) is 23.0. The van der Waals surface area contributed by atoms with Crippen LogP contribution >= 0.6 is 11.6 Å². The third kappa shape index (κ3) is 4.20. The summed E-state index contributed by atoms with van der Waals surface area (Å²) in [5.74, 6) is -0.664. The van der Waals surface area contributed by atoms with Crippen LogP contribution in [0.4, 0.5) is 9.18 Å². The molecule has 0 radical (unpaired) electrons. The Balaban J connectivity index is 2.99. The zero-order chi connectivity index (χ0) is 15.6. The lowest BCUT2D eigenvalue weighted by atomic mass is 9.94. The molecule has 6 heteroatoms. The third-order valence-electron chi connectivity index (χ3n) is 2.52. The maximum absolute atomic E-state index is 13.5. The number of rotatable bonds is 3. The van der Waals surface area contributed by atoms with Gasteiger partial charge < -0.3 is 14.8 Å². The van der Waals surface area contributed by atoms with E-state index < -0.39 is 23.1 Å². The molecule has 0 aromatic heterocycles. The largest absolute Gasteiger partial charge is 0.444 e. The number of aldehydes is 1. The summed E-state index contributed by atoms with van der Waals surface area (Å²) in [6.07, 6.45) is -0.248. The van der Waals surface area contributed by atoms with E-state index in [1.807, 2.05) is 0 Å². The van der Waals surface area contributed by atoms with Gasteiger partial charge in [-0.15, -0.1) is 0 Å². The molecular weight excluding hydrogens is 285 g/mol. The molecule has 1 atom stereocenters. The van der Waals surface area contributed by atoms with Crippen LogP contribution in [0.25, 0.3) is 0 Å². The standard InChI is InChI=1S/C14H17ClFNO3/c1-13(2,3)20-12(19)17-14(4,8-18)9-5-6-10(15)11(16)7-9/h5-8H,1-4H3,(H,17,19). The number of halogens is 2. The average molecular weight is 302 g/mol. The van der Waals surface area contributed by atoms with Gasteiger partial charge in [0, 0.05) is 0 Å². The minimum atomic E-state index is -1.40. The monoisotopic (exact) mass is 301 g/mol. The second-order valence-electron chi connectivity index (χ2n) is 5.58. The van der Waals surface area contributed by atoms with E-state index >= 15 is 0 Å². The molecule has 1 aromatic carbocycles. The third-order valence-corrected chi connectivity index (χ3v) is 2.82. The van der Waals surface area contributed by atoms with Crippen LogP contribution in [0.15, 0.2) is 18.2 Å². The zero-order valence-corrected chi connectivity index (χ0v) is 12.5. The topological polar surface area (TPSA) is 55.4 Å². The second kappa shape index (κ2) is 5.79. The number of alkyl carbamates (subject to hydrolysis) is 1. The maximum atomic E-state index is 13.5. The maximum Gasteiger partial charge on any atom is 0.408 e. The molecule has 0 fully saturated rings. The van der Waals surface area contributed by atoms with Gasteiger partial charge in [-0.3, -0.25) is 0 Å². The summed E-state index contributed by atoms with van der Waals surface area (Å²) in [6.45, 7) is 6.55. The predicted octanol–water partition coefficient (Wildman–Crippen LogP) is 3.42. The lowest BCUT2D eigenvalue weighted by Crippen LogP contribution is -2.47. The Morgan fingerprint density at radius 2 is 1.95 bits per heavy atom. The van der Waals surface area contributed by atoms with Crippen molar-refractivity contribution in [1.82, 2.24) is 5.32 Å². The zero-order valence-electron chi connectivity index (χ0n) is 11.8. The van der Waals surface area contributed by atoms with E-state index in [0.29, 0.717) is 6.29 Å². The van der Waals surface area contributed by atoms with E-state index in [1.54, 1.807) is 20.8 Å². The number of amides is 1. The fourth-order valence-electron chi connectivity index (χ4n) is 1.50. The van der Waals surface area contributed by atoms with Crippen molar-refractivity contribution < 1.29 is 18.7 Å². The lowest BCUT2D eigenvalue weighted by molar-refractivity contribution is -0.113. The van der Waals surface area contributed by atoms with E-state index in [4.69, 9.17) is 16.3 Å². The van der Waals surface area contributed by atoms with Crippen molar-refractivity contribution in [2.45, 2.75) is 38.8 Å². The molecule has 4 nitrogen and oxygen atoms in total. The molecule has 0 spiro atoms. The minimum Gasteiger partial charge on any atom is -0.444 e. The first-order chi connectivity index (χ1) is 9.07. The van der Waals surface area contributed by atoms with Crippen LogP contribution in [0.2, 0.25) is 5.02 Å². The van der Waals surface area contributed by atoms with Gasteiger partial charge in [0.05, 0.1) is 5.02 Å². The van der Waals surface area contributed by atoms with Crippen molar-refractivity contribution in [3.05, 3.63) is 34.6 Å². The molecule has 1 N–H and O–H groups in total. The highest BCUT2D eigenvalue weighted by atomic mass is 35.5. The van der Waals surface area contributed by atoms with E-state index in [0.717, 1.165) is 6.07 Å². The Morgan fingerprint density at radius 3 is 2.40 bits per heavy atom. The van der Waals surface area contributed by atoms with Crippen molar-refractivity contribution in [2.75, 3.05) is 0 Å². The number of carbonyl (C=O) groups excluding carboxylic acids is 2. The van der Waals surface area contributed by atoms with Crippen molar-refractivity contribution in [3.63, 3.8) is 0 Å². The van der Waals surface area contributed by atoms with Crippen molar-refractivity contribution in [3.8, 4) is 0 Å². The van der Waals surface area contributed by atoms with Crippen LogP contribution in [0.3, 0.4) is 0 Å². The second-order valence-corrected chi connectivity index (χ2v) is 5.98. The summed E-state index contributed by atoms with van der Waals surface area (Å²) >= 11 is 5.59. The molecule has 0 aliphatic heterocycles. The smallest absolute Gasteiger partial charge is 0.408 e. The van der Waals surface area contributed by atoms with Crippen LogP contribution in [-0.4, -0.2) is 18.0 Å². The molecule has 20 heavy (non-hydrogen) atoms. The summed E-state index contributed by atoms with van der Waals surface area (Å²) < 4.78 is 18.5. The molecule has 1 rings (SSSR count). The molecular formula is C14H17ClFNO3. The highest BCUT2D eigenvalue weighted by Gasteiger charge is 2.31. The van der Waals surface area contributed by atoms with Gasteiger partial charge in [0.2, 0.25) is 0 Å². The predicted molar refractivity (Wildman–Crippen MR) is 74.2 cm³/mol. The van der Waals surface area contributed by atoms with Gasteiger partial charge >= 0.3 is 6.09 Å². The summed E-state index contributed by atoms with van der Waals surface area (Å²) in [5.41, 5.74) is -1.81. The molecule has 110 valence electrons. The van der Waals surface area contributed by atoms with Crippen LogP contribution in [-0.2, 0) is 15.1 Å². The quantitative estimate of drug-likeness (QED) is 0.870. The van der Waals surface area contributed by atoms with Crippen LogP contribution in [0.1, 0.15) is 33.3 Å². The number of carbonyl (C=O) groups is 2. The Kier molecular flexibility index (Phi) is 4.76. The highest BCUT2D eigenvalue weighted by molar-refractivity contribution is 6.30. The first-order valence-electron chi connectivity index (χ1n) is 6.00. The van der Waals surface area contributed by atoms with Crippen molar-refractivity contribution >= 4 is 24.0 Å². The number of ether oxygens (including phenoxy) is 1. The number of nitrogens with one attached hydrogen (secondary N) is 1. The van der Waals surface area contributed by atoms with E-state index in [1.165, 1.54) is 19.1 Å². The van der Waals surface area contributed by atoms with Gasteiger partial charge in [0.15, 0.2) is 0 Å². The molecule has 0 saturated carbocycles. The molecule has 1 amide bonds. The Hall–Kier alpha value is -1.62. The number of hydrogen-bond donors (Lipinski definition) is 1. The highest BCUT2D eigenvalue weighted by Crippen LogP contribution is 2.24. The summed E-state index contributed by atoms with van der Waals surface area (Å²) in [5, 5.41) is 2.37. The van der Waals surface area contributed by atoms with Crippen LogP contribution in [0.5, 0.6) is 0 Å². The molecule has 0 heterocycles. The molecule has 0 aliphatic rings. The number of benzene rings is 1. The van der Waals surface area contributed by atoms with Gasteiger partial charge in [-0.25, -0.2) is 9.18 Å². The first kappa shape index (κ1) is 16.4. The van der Waals surface area contributed by atoms with E-state index in [2.05, 4.69) is 5.32 Å². The van der Waals surface area contributed by atoms with Gasteiger partial charge in [-0.2, -0.15) is 0 Å². The van der Waals surface area contributed by atoms with Gasteiger partial charge in [-0.05, 0) is 45.4 Å². The lowest BCUT2D eigenvalue weighted by Gasteiger charge is -2.28. The van der Waals surface area contributed by atoms with E-state index in [-0.39, 0.29) is 10.6 Å². The number of hydrogen-bond acceptors (Lipinski definition) is 3. The average Bonchev–Trinajstić information content (AvgIpc) is 2.29. The molecule has 0 saturated heterocycles. The summed E-state index contributed by atoms with van der Waals surface area (Å²) in [6, 6.07) is 3.90. The van der Waals surface area contributed by atoms with Crippen molar-refractivity contribution in [1.29, 1.82) is 0 Å². The summed E-state index contributed by atoms with van der Waals surface area (Å²) in [7, 11) is 0. The van der Waals surface area contributed by atoms with Gasteiger partial charge in [0.25, 0.3) is 0 Å². The Morgan fingerprint density at radius 1 is 1.35 bits per heavy atom. The molecule has 1 unspecified atom stereocenters. The molecule has 0 aliphatic carbocycles. The van der Waals surface area contributed by atoms with Gasteiger partial charge in [-0.1, -0.05) is 17.7 Å². The minimum absolute atomic E-state index is 0.0562. The SMILES string of the molecule is CC(C)(C)OC(=O)NC(C)(C=O)c1ccc(Cl)c(F)c1. The Bertz CT molecular complexity index is 528. The Labute approximate surface area is 122 Å². The van der Waals surface area contributed by atoms with E-state index in [9.17, 15) is 14.0 Å². The first-order valence-corrected chi connectivity index (χ1v) is 6.38. The van der Waals surface area contributed by atoms with Gasteiger partial charge in [0.1, 0.15) is 23.2 Å².